The lowest BCUT2D eigenvalue weighted by Crippen LogP contribution is -2.23. The lowest BCUT2D eigenvalue weighted by molar-refractivity contribution is 0.181. The van der Waals surface area contributed by atoms with E-state index in [0.717, 1.165) is 31.2 Å². The first-order chi connectivity index (χ1) is 8.29. The Morgan fingerprint density at radius 1 is 1.41 bits per heavy atom. The van der Waals surface area contributed by atoms with Crippen molar-refractivity contribution in [2.45, 2.75) is 25.8 Å². The Morgan fingerprint density at radius 2 is 2.18 bits per heavy atom. The van der Waals surface area contributed by atoms with Crippen LogP contribution in [0.5, 0.6) is 0 Å². The number of rotatable bonds is 5. The standard InChI is InChI=1S/C14H20ClNO/c1-2-16-14(9-11-7-8-17-10-11)12-3-5-13(15)6-4-12/h3-6,11,14,16H,2,7-10H2,1H3. The van der Waals surface area contributed by atoms with Gasteiger partial charge in [-0.1, -0.05) is 30.7 Å². The molecule has 1 aliphatic heterocycles. The summed E-state index contributed by atoms with van der Waals surface area (Å²) < 4.78 is 5.44. The Labute approximate surface area is 108 Å². The number of halogens is 1. The van der Waals surface area contributed by atoms with Gasteiger partial charge >= 0.3 is 0 Å². The molecule has 2 atom stereocenters. The zero-order chi connectivity index (χ0) is 12.1. The zero-order valence-electron chi connectivity index (χ0n) is 10.3. The van der Waals surface area contributed by atoms with Crippen molar-refractivity contribution >= 4 is 11.6 Å². The van der Waals surface area contributed by atoms with Gasteiger partial charge in [-0.2, -0.15) is 0 Å². The smallest absolute Gasteiger partial charge is 0.0495 e. The van der Waals surface area contributed by atoms with Crippen LogP contribution in [0.4, 0.5) is 0 Å². The molecule has 0 amide bonds. The molecule has 1 heterocycles. The van der Waals surface area contributed by atoms with Crippen LogP contribution in [-0.4, -0.2) is 19.8 Å². The van der Waals surface area contributed by atoms with Crippen LogP contribution in [-0.2, 0) is 4.74 Å². The van der Waals surface area contributed by atoms with E-state index in [1.165, 1.54) is 12.0 Å². The lowest BCUT2D eigenvalue weighted by atomic mass is 9.94. The van der Waals surface area contributed by atoms with Gasteiger partial charge in [-0.25, -0.2) is 0 Å². The minimum Gasteiger partial charge on any atom is -0.381 e. The van der Waals surface area contributed by atoms with E-state index < -0.39 is 0 Å². The maximum absolute atomic E-state index is 5.92. The van der Waals surface area contributed by atoms with Gasteiger partial charge in [-0.3, -0.25) is 0 Å². The summed E-state index contributed by atoms with van der Waals surface area (Å²) in [4.78, 5) is 0. The molecule has 1 saturated heterocycles. The highest BCUT2D eigenvalue weighted by molar-refractivity contribution is 6.30. The van der Waals surface area contributed by atoms with Gasteiger partial charge in [0.15, 0.2) is 0 Å². The van der Waals surface area contributed by atoms with E-state index >= 15 is 0 Å². The van der Waals surface area contributed by atoms with Crippen LogP contribution in [0.2, 0.25) is 5.02 Å². The molecule has 1 aromatic carbocycles. The molecule has 0 spiro atoms. The van der Waals surface area contributed by atoms with Gasteiger partial charge < -0.3 is 10.1 Å². The predicted octanol–water partition coefficient (Wildman–Crippen LogP) is 3.42. The van der Waals surface area contributed by atoms with E-state index in [0.29, 0.717) is 12.0 Å². The van der Waals surface area contributed by atoms with Crippen molar-refractivity contribution in [1.82, 2.24) is 5.32 Å². The fourth-order valence-corrected chi connectivity index (χ4v) is 2.51. The van der Waals surface area contributed by atoms with Crippen LogP contribution >= 0.6 is 11.6 Å². The average molecular weight is 254 g/mol. The molecular weight excluding hydrogens is 234 g/mol. The SMILES string of the molecule is CCNC(CC1CCOC1)c1ccc(Cl)cc1. The molecule has 2 unspecified atom stereocenters. The molecule has 3 heteroatoms. The van der Waals surface area contributed by atoms with Crippen LogP contribution in [0, 0.1) is 5.92 Å². The minimum atomic E-state index is 0.420. The number of nitrogens with one attached hydrogen (secondary N) is 1. The fraction of sp³-hybridized carbons (Fsp3) is 0.571. The summed E-state index contributed by atoms with van der Waals surface area (Å²) in [6.45, 7) is 4.97. The summed E-state index contributed by atoms with van der Waals surface area (Å²) in [6, 6.07) is 8.58. The third kappa shape index (κ3) is 3.70. The Hall–Kier alpha value is -0.570. The highest BCUT2D eigenvalue weighted by Gasteiger charge is 2.21. The predicted molar refractivity (Wildman–Crippen MR) is 71.4 cm³/mol. The van der Waals surface area contributed by atoms with Gasteiger partial charge in [-0.15, -0.1) is 0 Å². The molecule has 1 N–H and O–H groups in total. The number of hydrogen-bond acceptors (Lipinski definition) is 2. The molecule has 2 nitrogen and oxygen atoms in total. The van der Waals surface area contributed by atoms with Crippen molar-refractivity contribution < 1.29 is 4.74 Å². The van der Waals surface area contributed by atoms with Crippen LogP contribution < -0.4 is 5.32 Å². The minimum absolute atomic E-state index is 0.420. The molecule has 0 bridgehead atoms. The lowest BCUT2D eigenvalue weighted by Gasteiger charge is -2.21. The third-order valence-corrected chi connectivity index (χ3v) is 3.57. The molecule has 0 saturated carbocycles. The highest BCUT2D eigenvalue weighted by atomic mass is 35.5. The van der Waals surface area contributed by atoms with Gasteiger partial charge in [0.2, 0.25) is 0 Å². The second-order valence-corrected chi connectivity index (χ2v) is 5.06. The summed E-state index contributed by atoms with van der Waals surface area (Å²) in [5, 5.41) is 4.35. The monoisotopic (exact) mass is 253 g/mol. The van der Waals surface area contributed by atoms with Crippen molar-refractivity contribution in [1.29, 1.82) is 0 Å². The average Bonchev–Trinajstić information content (AvgIpc) is 2.82. The van der Waals surface area contributed by atoms with Gasteiger partial charge in [0.05, 0.1) is 0 Å². The quantitative estimate of drug-likeness (QED) is 0.868. The van der Waals surface area contributed by atoms with Crippen LogP contribution in [0.1, 0.15) is 31.4 Å². The Bertz CT molecular complexity index is 333. The fourth-order valence-electron chi connectivity index (χ4n) is 2.38. The topological polar surface area (TPSA) is 21.3 Å². The van der Waals surface area contributed by atoms with Crippen molar-refractivity contribution in [3.05, 3.63) is 34.9 Å². The van der Waals surface area contributed by atoms with Crippen molar-refractivity contribution in [2.24, 2.45) is 5.92 Å². The van der Waals surface area contributed by atoms with E-state index in [-0.39, 0.29) is 0 Å². The van der Waals surface area contributed by atoms with Gasteiger partial charge in [0.25, 0.3) is 0 Å². The summed E-state index contributed by atoms with van der Waals surface area (Å²) >= 11 is 5.92. The first-order valence-corrected chi connectivity index (χ1v) is 6.74. The van der Waals surface area contributed by atoms with Crippen LogP contribution in [0.3, 0.4) is 0 Å². The molecule has 1 aliphatic rings. The highest BCUT2D eigenvalue weighted by Crippen LogP contribution is 2.27. The van der Waals surface area contributed by atoms with E-state index in [1.54, 1.807) is 0 Å². The second-order valence-electron chi connectivity index (χ2n) is 4.63. The second kappa shape index (κ2) is 6.39. The van der Waals surface area contributed by atoms with Crippen LogP contribution in [0.15, 0.2) is 24.3 Å². The third-order valence-electron chi connectivity index (χ3n) is 3.32. The molecule has 17 heavy (non-hydrogen) atoms. The maximum atomic E-state index is 5.92. The molecule has 1 fully saturated rings. The first kappa shape index (κ1) is 12.9. The van der Waals surface area contributed by atoms with E-state index in [4.69, 9.17) is 16.3 Å². The molecule has 0 radical (unpaired) electrons. The largest absolute Gasteiger partial charge is 0.381 e. The maximum Gasteiger partial charge on any atom is 0.0495 e. The normalized spacial score (nSPS) is 21.6. The number of ether oxygens (including phenoxy) is 1. The summed E-state index contributed by atoms with van der Waals surface area (Å²) in [6.07, 6.45) is 2.34. The van der Waals surface area contributed by atoms with Crippen molar-refractivity contribution in [2.75, 3.05) is 19.8 Å². The van der Waals surface area contributed by atoms with Crippen molar-refractivity contribution in [3.63, 3.8) is 0 Å². The molecule has 2 rings (SSSR count). The number of benzene rings is 1. The molecule has 0 aliphatic carbocycles. The zero-order valence-corrected chi connectivity index (χ0v) is 11.0. The van der Waals surface area contributed by atoms with E-state index in [9.17, 15) is 0 Å². The van der Waals surface area contributed by atoms with Gasteiger partial charge in [-0.05, 0) is 43.0 Å². The number of hydrogen-bond donors (Lipinski definition) is 1. The molecule has 1 aromatic rings. The van der Waals surface area contributed by atoms with E-state index in [2.05, 4.69) is 24.4 Å². The summed E-state index contributed by atoms with van der Waals surface area (Å²) in [5.41, 5.74) is 1.32. The van der Waals surface area contributed by atoms with Crippen molar-refractivity contribution in [3.8, 4) is 0 Å². The summed E-state index contributed by atoms with van der Waals surface area (Å²) in [5.74, 6) is 0.690. The molecule has 94 valence electrons. The Kier molecular flexibility index (Phi) is 4.84. The Balaban J connectivity index is 2.02. The summed E-state index contributed by atoms with van der Waals surface area (Å²) in [7, 11) is 0. The van der Waals surface area contributed by atoms with Gasteiger partial charge in [0.1, 0.15) is 0 Å². The molecule has 0 aromatic heterocycles. The Morgan fingerprint density at radius 3 is 2.76 bits per heavy atom. The van der Waals surface area contributed by atoms with Gasteiger partial charge in [0, 0.05) is 24.3 Å². The first-order valence-electron chi connectivity index (χ1n) is 6.36. The van der Waals surface area contributed by atoms with Crippen LogP contribution in [0.25, 0.3) is 0 Å². The van der Waals surface area contributed by atoms with E-state index in [1.807, 2.05) is 12.1 Å². The molecular formula is C14H20ClNO.